The molecule has 1 aromatic carbocycles. The van der Waals surface area contributed by atoms with E-state index < -0.39 is 5.82 Å². The quantitative estimate of drug-likeness (QED) is 0.793. The number of carbonyl (C=O) groups excluding carboxylic acids is 1. The highest BCUT2D eigenvalue weighted by molar-refractivity contribution is 5.95. The first-order chi connectivity index (χ1) is 9.69. The van der Waals surface area contributed by atoms with E-state index >= 15 is 0 Å². The fraction of sp³-hybridized carbons (Fsp3) is 0.438. The fourth-order valence-corrected chi connectivity index (χ4v) is 3.24. The van der Waals surface area contributed by atoms with Gasteiger partial charge >= 0.3 is 0 Å². The number of rotatable bonds is 1. The number of halogens is 1. The van der Waals surface area contributed by atoms with Gasteiger partial charge in [0.2, 0.25) is 0 Å². The molecule has 1 amide bonds. The molecule has 1 N–H and O–H groups in total. The minimum absolute atomic E-state index is 0.0855. The van der Waals surface area contributed by atoms with Crippen molar-refractivity contribution in [1.29, 1.82) is 0 Å². The van der Waals surface area contributed by atoms with Gasteiger partial charge in [-0.15, -0.1) is 0 Å². The van der Waals surface area contributed by atoms with E-state index in [-0.39, 0.29) is 24.1 Å². The van der Waals surface area contributed by atoms with Gasteiger partial charge in [-0.25, -0.2) is 4.39 Å². The maximum absolute atomic E-state index is 13.9. The van der Waals surface area contributed by atoms with Gasteiger partial charge in [-0.3, -0.25) is 4.79 Å². The van der Waals surface area contributed by atoms with Crippen LogP contribution in [0.2, 0.25) is 0 Å². The Kier molecular flexibility index (Phi) is 3.45. The van der Waals surface area contributed by atoms with Gasteiger partial charge in [-0.2, -0.15) is 0 Å². The lowest BCUT2D eigenvalue weighted by Gasteiger charge is -2.27. The molecule has 3 nitrogen and oxygen atoms in total. The molecule has 20 heavy (non-hydrogen) atoms. The molecule has 2 bridgehead atoms. The molecular formula is C16H16FNO2. The Balaban J connectivity index is 1.87. The van der Waals surface area contributed by atoms with E-state index in [2.05, 4.69) is 11.8 Å². The van der Waals surface area contributed by atoms with E-state index in [0.717, 1.165) is 19.4 Å². The average Bonchev–Trinajstić information content (AvgIpc) is 3.08. The standard InChI is InChI=1S/C16H16FNO2/c17-15-6-4-11(2-1-7-19)9-14(15)16(20)18-10-12-3-5-13(18)8-12/h4,6,9,12-13,19H,3,5,7-8,10H2. The Labute approximate surface area is 117 Å². The zero-order valence-corrected chi connectivity index (χ0v) is 11.1. The predicted octanol–water partition coefficient (Wildman–Crippen LogP) is 1.79. The average molecular weight is 273 g/mol. The van der Waals surface area contributed by atoms with Crippen LogP contribution in [0.15, 0.2) is 18.2 Å². The van der Waals surface area contributed by atoms with E-state index in [0.29, 0.717) is 11.5 Å². The van der Waals surface area contributed by atoms with Gasteiger partial charge in [0.05, 0.1) is 5.56 Å². The van der Waals surface area contributed by atoms with Crippen LogP contribution >= 0.6 is 0 Å². The number of aliphatic hydroxyl groups excluding tert-OH is 1. The first kappa shape index (κ1) is 13.1. The van der Waals surface area contributed by atoms with Crippen LogP contribution in [0.5, 0.6) is 0 Å². The molecule has 2 fully saturated rings. The van der Waals surface area contributed by atoms with Crippen molar-refractivity contribution in [1.82, 2.24) is 4.90 Å². The van der Waals surface area contributed by atoms with Gasteiger partial charge in [0.15, 0.2) is 0 Å². The molecule has 1 saturated heterocycles. The Morgan fingerprint density at radius 1 is 1.45 bits per heavy atom. The zero-order valence-electron chi connectivity index (χ0n) is 11.1. The normalized spacial score (nSPS) is 23.6. The van der Waals surface area contributed by atoms with Crippen molar-refractivity contribution in [3.63, 3.8) is 0 Å². The minimum Gasteiger partial charge on any atom is -0.384 e. The summed E-state index contributed by atoms with van der Waals surface area (Å²) in [5.41, 5.74) is 0.635. The monoisotopic (exact) mass is 273 g/mol. The number of nitrogens with zero attached hydrogens (tertiary/aromatic N) is 1. The number of likely N-dealkylation sites (tertiary alicyclic amines) is 1. The molecule has 2 atom stereocenters. The largest absolute Gasteiger partial charge is 0.384 e. The van der Waals surface area contributed by atoms with Crippen LogP contribution in [0, 0.1) is 23.6 Å². The summed E-state index contributed by atoms with van der Waals surface area (Å²) in [6, 6.07) is 4.54. The summed E-state index contributed by atoms with van der Waals surface area (Å²) in [5, 5.41) is 8.68. The third-order valence-electron chi connectivity index (χ3n) is 4.18. The lowest BCUT2D eigenvalue weighted by atomic mass is 10.1. The summed E-state index contributed by atoms with van der Waals surface area (Å²) >= 11 is 0. The molecule has 104 valence electrons. The Hall–Kier alpha value is -1.86. The molecule has 2 aliphatic rings. The zero-order chi connectivity index (χ0) is 14.1. The number of fused-ring (bicyclic) bond motifs is 2. The molecule has 0 spiro atoms. The SMILES string of the molecule is O=C(c1cc(C#CCO)ccc1F)N1CC2CCC1C2. The smallest absolute Gasteiger partial charge is 0.257 e. The lowest BCUT2D eigenvalue weighted by Crippen LogP contribution is -2.38. The summed E-state index contributed by atoms with van der Waals surface area (Å²) in [6.45, 7) is 0.492. The Bertz CT molecular complexity index is 602. The van der Waals surface area contributed by atoms with E-state index in [9.17, 15) is 9.18 Å². The Morgan fingerprint density at radius 2 is 2.30 bits per heavy atom. The van der Waals surface area contributed by atoms with E-state index in [1.54, 1.807) is 4.90 Å². The maximum atomic E-state index is 13.9. The molecule has 1 aliphatic carbocycles. The third-order valence-corrected chi connectivity index (χ3v) is 4.18. The number of benzene rings is 1. The minimum atomic E-state index is -0.507. The lowest BCUT2D eigenvalue weighted by molar-refractivity contribution is 0.0699. The van der Waals surface area contributed by atoms with Crippen molar-refractivity contribution in [2.24, 2.45) is 5.92 Å². The van der Waals surface area contributed by atoms with Crippen molar-refractivity contribution >= 4 is 5.91 Å². The first-order valence-corrected chi connectivity index (χ1v) is 6.89. The molecule has 0 aromatic heterocycles. The number of carbonyl (C=O) groups is 1. The predicted molar refractivity (Wildman–Crippen MR) is 72.5 cm³/mol. The van der Waals surface area contributed by atoms with Crippen LogP contribution in [0.25, 0.3) is 0 Å². The van der Waals surface area contributed by atoms with Crippen LogP contribution in [0.1, 0.15) is 35.2 Å². The molecule has 1 aliphatic heterocycles. The van der Waals surface area contributed by atoms with Gasteiger partial charge < -0.3 is 10.0 Å². The second-order valence-electron chi connectivity index (χ2n) is 5.44. The molecular weight excluding hydrogens is 257 g/mol. The van der Waals surface area contributed by atoms with Gasteiger partial charge in [-0.05, 0) is 43.4 Å². The highest BCUT2D eigenvalue weighted by atomic mass is 19.1. The summed E-state index contributed by atoms with van der Waals surface area (Å²) in [7, 11) is 0. The van der Waals surface area contributed by atoms with Crippen molar-refractivity contribution in [2.45, 2.75) is 25.3 Å². The molecule has 0 radical (unpaired) electrons. The number of hydrogen-bond acceptors (Lipinski definition) is 2. The summed E-state index contributed by atoms with van der Waals surface area (Å²) < 4.78 is 13.9. The molecule has 3 rings (SSSR count). The third kappa shape index (κ3) is 2.30. The van der Waals surface area contributed by atoms with Gasteiger partial charge in [0.25, 0.3) is 5.91 Å². The van der Waals surface area contributed by atoms with Crippen LogP contribution in [0.4, 0.5) is 4.39 Å². The highest BCUT2D eigenvalue weighted by Gasteiger charge is 2.40. The van der Waals surface area contributed by atoms with Crippen molar-refractivity contribution < 1.29 is 14.3 Å². The van der Waals surface area contributed by atoms with Crippen LogP contribution in [-0.2, 0) is 0 Å². The Morgan fingerprint density at radius 3 is 2.95 bits per heavy atom. The molecule has 4 heteroatoms. The highest BCUT2D eigenvalue weighted by Crippen LogP contribution is 2.38. The summed E-state index contributed by atoms with van der Waals surface area (Å²) in [4.78, 5) is 14.3. The van der Waals surface area contributed by atoms with E-state index in [4.69, 9.17) is 5.11 Å². The second-order valence-corrected chi connectivity index (χ2v) is 5.44. The van der Waals surface area contributed by atoms with Crippen LogP contribution < -0.4 is 0 Å². The summed E-state index contributed by atoms with van der Waals surface area (Å²) in [6.07, 6.45) is 3.26. The van der Waals surface area contributed by atoms with Crippen LogP contribution in [0.3, 0.4) is 0 Å². The van der Waals surface area contributed by atoms with Gasteiger partial charge in [0.1, 0.15) is 12.4 Å². The van der Waals surface area contributed by atoms with E-state index in [1.165, 1.54) is 24.6 Å². The van der Waals surface area contributed by atoms with Crippen LogP contribution in [-0.4, -0.2) is 35.1 Å². The topological polar surface area (TPSA) is 40.5 Å². The molecule has 2 unspecified atom stereocenters. The number of hydrogen-bond donors (Lipinski definition) is 1. The number of piperidine rings is 1. The van der Waals surface area contributed by atoms with E-state index in [1.807, 2.05) is 0 Å². The van der Waals surface area contributed by atoms with Crippen molar-refractivity contribution in [2.75, 3.05) is 13.2 Å². The molecule has 1 saturated carbocycles. The molecule has 1 heterocycles. The summed E-state index contributed by atoms with van der Waals surface area (Å²) in [5.74, 6) is 5.06. The second kappa shape index (κ2) is 5.26. The van der Waals surface area contributed by atoms with Gasteiger partial charge in [-0.1, -0.05) is 11.8 Å². The number of amides is 1. The molecule has 1 aromatic rings. The van der Waals surface area contributed by atoms with Gasteiger partial charge in [0, 0.05) is 18.2 Å². The van der Waals surface area contributed by atoms with Crippen molar-refractivity contribution in [3.05, 3.63) is 35.1 Å². The van der Waals surface area contributed by atoms with Crippen molar-refractivity contribution in [3.8, 4) is 11.8 Å². The first-order valence-electron chi connectivity index (χ1n) is 6.89. The number of aliphatic hydroxyl groups is 1. The maximum Gasteiger partial charge on any atom is 0.257 e. The fourth-order valence-electron chi connectivity index (χ4n) is 3.24.